The summed E-state index contributed by atoms with van der Waals surface area (Å²) in [6.45, 7) is 5.21. The first-order chi connectivity index (χ1) is 15.5. The Morgan fingerprint density at radius 1 is 1.12 bits per heavy atom. The molecule has 2 amide bonds. The van der Waals surface area contributed by atoms with E-state index in [4.69, 9.17) is 9.47 Å². The fourth-order valence-electron chi connectivity index (χ4n) is 3.19. The number of nitrogens with zero attached hydrogens (tertiary/aromatic N) is 3. The van der Waals surface area contributed by atoms with Crippen LogP contribution in [-0.2, 0) is 9.59 Å². The van der Waals surface area contributed by atoms with Crippen molar-refractivity contribution in [3.8, 4) is 28.4 Å². The van der Waals surface area contributed by atoms with E-state index in [2.05, 4.69) is 16.9 Å². The SMILES string of the molecule is C=CCN(CC(=O)Nc1nc(-c2ccccc2)cn1-c1ccc(OC)c(OC)c1)C(C)=O. The van der Waals surface area contributed by atoms with E-state index in [9.17, 15) is 9.59 Å². The number of ether oxygens (including phenoxy) is 2. The van der Waals surface area contributed by atoms with Crippen LogP contribution in [0.2, 0.25) is 0 Å². The molecule has 0 spiro atoms. The Morgan fingerprint density at radius 2 is 1.84 bits per heavy atom. The van der Waals surface area contributed by atoms with E-state index >= 15 is 0 Å². The van der Waals surface area contributed by atoms with Crippen molar-refractivity contribution in [2.45, 2.75) is 6.92 Å². The molecule has 0 unspecified atom stereocenters. The molecule has 0 bridgehead atoms. The van der Waals surface area contributed by atoms with Gasteiger partial charge >= 0.3 is 0 Å². The molecular formula is C24H26N4O4. The molecule has 32 heavy (non-hydrogen) atoms. The molecule has 8 heteroatoms. The average molecular weight is 434 g/mol. The summed E-state index contributed by atoms with van der Waals surface area (Å²) in [6, 6.07) is 15.1. The topological polar surface area (TPSA) is 85.7 Å². The van der Waals surface area contributed by atoms with Crippen LogP contribution < -0.4 is 14.8 Å². The lowest BCUT2D eigenvalue weighted by atomic mass is 10.2. The van der Waals surface area contributed by atoms with Crippen molar-refractivity contribution < 1.29 is 19.1 Å². The minimum Gasteiger partial charge on any atom is -0.493 e. The summed E-state index contributed by atoms with van der Waals surface area (Å²) in [7, 11) is 3.13. The summed E-state index contributed by atoms with van der Waals surface area (Å²) in [6.07, 6.45) is 3.41. The molecule has 0 radical (unpaired) electrons. The Morgan fingerprint density at radius 3 is 2.47 bits per heavy atom. The van der Waals surface area contributed by atoms with Gasteiger partial charge < -0.3 is 14.4 Å². The molecule has 3 aromatic rings. The third-order valence-corrected chi connectivity index (χ3v) is 4.80. The number of hydrogen-bond donors (Lipinski definition) is 1. The summed E-state index contributed by atoms with van der Waals surface area (Å²) in [5.74, 6) is 0.878. The molecule has 1 heterocycles. The summed E-state index contributed by atoms with van der Waals surface area (Å²) in [5.41, 5.74) is 2.31. The molecule has 1 aromatic heterocycles. The van der Waals surface area contributed by atoms with Gasteiger partial charge in [0.05, 0.1) is 25.6 Å². The molecular weight excluding hydrogens is 408 g/mol. The second-order valence-electron chi connectivity index (χ2n) is 6.96. The molecule has 0 fully saturated rings. The molecule has 0 aliphatic rings. The Bertz CT molecular complexity index is 1110. The number of benzene rings is 2. The Balaban J connectivity index is 1.99. The number of aromatic nitrogens is 2. The predicted octanol–water partition coefficient (Wildman–Crippen LogP) is 3.53. The van der Waals surface area contributed by atoms with Crippen LogP contribution in [-0.4, -0.2) is 53.6 Å². The number of rotatable bonds is 9. The number of methoxy groups -OCH3 is 2. The highest BCUT2D eigenvalue weighted by molar-refractivity contribution is 5.93. The van der Waals surface area contributed by atoms with Crippen molar-refractivity contribution in [2.24, 2.45) is 0 Å². The predicted molar refractivity (Wildman–Crippen MR) is 123 cm³/mol. The van der Waals surface area contributed by atoms with Crippen LogP contribution in [0.3, 0.4) is 0 Å². The maximum atomic E-state index is 12.7. The van der Waals surface area contributed by atoms with Crippen molar-refractivity contribution in [3.63, 3.8) is 0 Å². The van der Waals surface area contributed by atoms with Crippen molar-refractivity contribution in [3.05, 3.63) is 67.4 Å². The largest absolute Gasteiger partial charge is 0.493 e. The second kappa shape index (κ2) is 10.3. The van der Waals surface area contributed by atoms with E-state index in [1.807, 2.05) is 42.6 Å². The van der Waals surface area contributed by atoms with E-state index in [1.54, 1.807) is 37.0 Å². The first kappa shape index (κ1) is 22.6. The van der Waals surface area contributed by atoms with Gasteiger partial charge in [0.25, 0.3) is 0 Å². The van der Waals surface area contributed by atoms with E-state index in [0.29, 0.717) is 23.1 Å². The van der Waals surface area contributed by atoms with Gasteiger partial charge in [-0.05, 0) is 12.1 Å². The molecule has 0 saturated heterocycles. The highest BCUT2D eigenvalue weighted by Crippen LogP contribution is 2.31. The number of hydrogen-bond acceptors (Lipinski definition) is 5. The summed E-state index contributed by atoms with van der Waals surface area (Å²) >= 11 is 0. The molecule has 2 aromatic carbocycles. The monoisotopic (exact) mass is 434 g/mol. The first-order valence-electron chi connectivity index (χ1n) is 10.00. The maximum Gasteiger partial charge on any atom is 0.246 e. The lowest BCUT2D eigenvalue weighted by Crippen LogP contribution is -2.37. The minimum absolute atomic E-state index is 0.110. The fourth-order valence-corrected chi connectivity index (χ4v) is 3.19. The number of imidazole rings is 1. The lowest BCUT2D eigenvalue weighted by Gasteiger charge is -2.18. The third-order valence-electron chi connectivity index (χ3n) is 4.80. The fraction of sp³-hybridized carbons (Fsp3) is 0.208. The number of carbonyl (C=O) groups is 2. The van der Waals surface area contributed by atoms with Crippen LogP contribution in [0, 0.1) is 0 Å². The standard InChI is InChI=1S/C24H26N4O4/c1-5-13-27(17(2)29)16-23(30)26-24-25-20(18-9-7-6-8-10-18)15-28(24)19-11-12-21(31-3)22(14-19)32-4/h5-12,14-15H,1,13,16H2,2-4H3,(H,25,26,30). The van der Waals surface area contributed by atoms with Crippen molar-refractivity contribution in [1.82, 2.24) is 14.5 Å². The van der Waals surface area contributed by atoms with Gasteiger partial charge in [0.2, 0.25) is 17.8 Å². The third kappa shape index (κ3) is 5.15. The van der Waals surface area contributed by atoms with Gasteiger partial charge in [0, 0.05) is 31.3 Å². The van der Waals surface area contributed by atoms with E-state index in [-0.39, 0.29) is 24.9 Å². The zero-order chi connectivity index (χ0) is 23.1. The average Bonchev–Trinajstić information content (AvgIpc) is 3.22. The van der Waals surface area contributed by atoms with Crippen LogP contribution in [0.1, 0.15) is 6.92 Å². The van der Waals surface area contributed by atoms with Gasteiger partial charge in [-0.1, -0.05) is 36.4 Å². The highest BCUT2D eigenvalue weighted by Gasteiger charge is 2.18. The van der Waals surface area contributed by atoms with Gasteiger partial charge in [-0.15, -0.1) is 6.58 Å². The Hall–Kier alpha value is -4.07. The van der Waals surface area contributed by atoms with Crippen molar-refractivity contribution in [1.29, 1.82) is 0 Å². The molecule has 1 N–H and O–H groups in total. The van der Waals surface area contributed by atoms with Crippen LogP contribution in [0.4, 0.5) is 5.95 Å². The lowest BCUT2D eigenvalue weighted by molar-refractivity contribution is -0.132. The number of anilines is 1. The second-order valence-corrected chi connectivity index (χ2v) is 6.96. The number of nitrogens with one attached hydrogen (secondary N) is 1. The minimum atomic E-state index is -0.367. The number of amides is 2. The van der Waals surface area contributed by atoms with E-state index < -0.39 is 0 Å². The molecule has 0 aliphatic heterocycles. The summed E-state index contributed by atoms with van der Waals surface area (Å²) < 4.78 is 12.5. The summed E-state index contributed by atoms with van der Waals surface area (Å²) in [5, 5.41) is 2.82. The van der Waals surface area contributed by atoms with Crippen molar-refractivity contribution in [2.75, 3.05) is 32.6 Å². The first-order valence-corrected chi connectivity index (χ1v) is 10.00. The van der Waals surface area contributed by atoms with Crippen LogP contribution >= 0.6 is 0 Å². The molecule has 8 nitrogen and oxygen atoms in total. The van der Waals surface area contributed by atoms with Gasteiger partial charge in [0.15, 0.2) is 11.5 Å². The summed E-state index contributed by atoms with van der Waals surface area (Å²) in [4.78, 5) is 30.5. The molecule has 3 rings (SSSR count). The van der Waals surface area contributed by atoms with Gasteiger partial charge in [0.1, 0.15) is 6.54 Å². The van der Waals surface area contributed by atoms with Gasteiger partial charge in [-0.3, -0.25) is 19.5 Å². The maximum absolute atomic E-state index is 12.7. The molecule has 166 valence electrons. The van der Waals surface area contributed by atoms with Crippen LogP contribution in [0.25, 0.3) is 16.9 Å². The Labute approximate surface area is 187 Å². The van der Waals surface area contributed by atoms with Crippen LogP contribution in [0.5, 0.6) is 11.5 Å². The van der Waals surface area contributed by atoms with Crippen LogP contribution in [0.15, 0.2) is 67.4 Å². The van der Waals surface area contributed by atoms with Crippen molar-refractivity contribution >= 4 is 17.8 Å². The molecule has 0 saturated carbocycles. The highest BCUT2D eigenvalue weighted by atomic mass is 16.5. The smallest absolute Gasteiger partial charge is 0.246 e. The molecule has 0 aliphatic carbocycles. The normalized spacial score (nSPS) is 10.3. The zero-order valence-electron chi connectivity index (χ0n) is 18.4. The zero-order valence-corrected chi connectivity index (χ0v) is 18.4. The van der Waals surface area contributed by atoms with Gasteiger partial charge in [-0.2, -0.15) is 0 Å². The van der Waals surface area contributed by atoms with E-state index in [1.165, 1.54) is 11.8 Å². The van der Waals surface area contributed by atoms with E-state index in [0.717, 1.165) is 11.3 Å². The molecule has 0 atom stereocenters. The quantitative estimate of drug-likeness (QED) is 0.521. The number of carbonyl (C=O) groups excluding carboxylic acids is 2. The van der Waals surface area contributed by atoms with Gasteiger partial charge in [-0.25, -0.2) is 4.98 Å². The Kier molecular flexibility index (Phi) is 7.28.